The Hall–Kier alpha value is -2.97. The van der Waals surface area contributed by atoms with Crippen LogP contribution in [0.4, 0.5) is 16.4 Å². The van der Waals surface area contributed by atoms with Gasteiger partial charge in [0.2, 0.25) is 12.3 Å². The lowest BCUT2D eigenvalue weighted by atomic mass is 9.97. The van der Waals surface area contributed by atoms with Crippen LogP contribution < -0.4 is 15.5 Å². The number of anilines is 3. The molecular formula is C27H32ClN5O2S. The maximum absolute atomic E-state index is 13.5. The van der Waals surface area contributed by atoms with Gasteiger partial charge in [-0.05, 0) is 63.4 Å². The summed E-state index contributed by atoms with van der Waals surface area (Å²) < 4.78 is 0. The molecule has 190 valence electrons. The van der Waals surface area contributed by atoms with Crippen molar-refractivity contribution in [2.24, 2.45) is 5.92 Å². The predicted molar refractivity (Wildman–Crippen MR) is 147 cm³/mol. The summed E-state index contributed by atoms with van der Waals surface area (Å²) in [5, 5.41) is 8.55. The van der Waals surface area contributed by atoms with Crippen molar-refractivity contribution in [1.82, 2.24) is 9.97 Å². The molecule has 0 aliphatic heterocycles. The highest BCUT2D eigenvalue weighted by Crippen LogP contribution is 2.34. The third-order valence-corrected chi connectivity index (χ3v) is 7.90. The Morgan fingerprint density at radius 3 is 2.58 bits per heavy atom. The number of amides is 2. The predicted octanol–water partition coefficient (Wildman–Crippen LogP) is 6.53. The Bertz CT molecular complexity index is 1190. The van der Waals surface area contributed by atoms with E-state index in [4.69, 9.17) is 11.6 Å². The van der Waals surface area contributed by atoms with Gasteiger partial charge >= 0.3 is 0 Å². The molecule has 9 heteroatoms. The number of thiazole rings is 1. The molecule has 1 aliphatic rings. The van der Waals surface area contributed by atoms with E-state index in [-0.39, 0.29) is 11.9 Å². The quantitative estimate of drug-likeness (QED) is 0.294. The third kappa shape index (κ3) is 6.62. The van der Waals surface area contributed by atoms with E-state index in [1.807, 2.05) is 57.2 Å². The van der Waals surface area contributed by atoms with Gasteiger partial charge in [-0.15, -0.1) is 0 Å². The second kappa shape index (κ2) is 11.8. The van der Waals surface area contributed by atoms with Gasteiger partial charge in [0.15, 0.2) is 0 Å². The first-order valence-electron chi connectivity index (χ1n) is 12.3. The number of hydrogen-bond acceptors (Lipinski definition) is 6. The first kappa shape index (κ1) is 26.1. The van der Waals surface area contributed by atoms with Crippen molar-refractivity contribution < 1.29 is 9.59 Å². The van der Waals surface area contributed by atoms with Gasteiger partial charge in [0.05, 0.1) is 12.2 Å². The average Bonchev–Trinajstić information content (AvgIpc) is 3.51. The van der Waals surface area contributed by atoms with Gasteiger partial charge < -0.3 is 10.6 Å². The van der Waals surface area contributed by atoms with Crippen molar-refractivity contribution in [3.63, 3.8) is 0 Å². The Morgan fingerprint density at radius 2 is 1.92 bits per heavy atom. The lowest BCUT2D eigenvalue weighted by Crippen LogP contribution is -2.44. The Morgan fingerprint density at radius 1 is 1.19 bits per heavy atom. The first-order chi connectivity index (χ1) is 17.3. The number of aryl methyl sites for hydroxylation is 2. The molecule has 2 aromatic heterocycles. The summed E-state index contributed by atoms with van der Waals surface area (Å²) in [6.07, 6.45) is 7.56. The van der Waals surface area contributed by atoms with E-state index in [1.165, 1.54) is 24.2 Å². The topological polar surface area (TPSA) is 87.2 Å². The van der Waals surface area contributed by atoms with Crippen molar-refractivity contribution in [1.29, 1.82) is 0 Å². The van der Waals surface area contributed by atoms with Crippen LogP contribution in [0, 0.1) is 19.8 Å². The molecule has 0 radical (unpaired) electrons. The summed E-state index contributed by atoms with van der Waals surface area (Å²) in [4.78, 5) is 36.4. The van der Waals surface area contributed by atoms with Crippen molar-refractivity contribution in [2.75, 3.05) is 15.5 Å². The Labute approximate surface area is 221 Å². The number of carbonyl (C=O) groups is 2. The van der Waals surface area contributed by atoms with E-state index in [9.17, 15) is 9.59 Å². The zero-order valence-electron chi connectivity index (χ0n) is 20.8. The monoisotopic (exact) mass is 525 g/mol. The molecule has 2 amide bonds. The average molecular weight is 526 g/mol. The van der Waals surface area contributed by atoms with E-state index in [0.717, 1.165) is 41.3 Å². The molecule has 7 nitrogen and oxygen atoms in total. The molecular weight excluding hydrogens is 494 g/mol. The van der Waals surface area contributed by atoms with Crippen LogP contribution in [0.3, 0.4) is 0 Å². The van der Waals surface area contributed by atoms with Gasteiger partial charge in [0.25, 0.3) is 0 Å². The number of hydrogen-bond donors (Lipinski definition) is 2. The van der Waals surface area contributed by atoms with Crippen LogP contribution in [-0.4, -0.2) is 28.3 Å². The Balaban J connectivity index is 1.55. The van der Waals surface area contributed by atoms with Gasteiger partial charge in [-0.25, -0.2) is 4.98 Å². The first-order valence-corrected chi connectivity index (χ1v) is 13.5. The van der Waals surface area contributed by atoms with Crippen LogP contribution in [0.1, 0.15) is 61.5 Å². The van der Waals surface area contributed by atoms with Crippen LogP contribution in [-0.2, 0) is 9.59 Å². The number of nitrogens with one attached hydrogen (secondary N) is 2. The molecule has 2 atom stereocenters. The standard InChI is InChI=1S/C27H32ClN5O2S/c1-17-11-23(12-18(2)30-17)32-26(35)24(13-20-7-4-5-8-20)33(16-34)25-15-29-27(36-25)19(3)31-22-10-6-9-21(28)14-22/h6,9-12,14-16,19-20,24,31H,4-5,7-8,13H2,1-3H3,(H,30,32,35)/t19?,24-/m0/s1. The number of rotatable bonds is 10. The molecule has 1 fully saturated rings. The van der Waals surface area contributed by atoms with Gasteiger partial charge in [0.1, 0.15) is 16.1 Å². The number of pyridine rings is 1. The van der Waals surface area contributed by atoms with Gasteiger partial charge in [0, 0.05) is 27.8 Å². The minimum atomic E-state index is -0.621. The van der Waals surface area contributed by atoms with Crippen molar-refractivity contribution >= 4 is 51.6 Å². The molecule has 0 spiro atoms. The molecule has 3 aromatic rings. The van der Waals surface area contributed by atoms with Gasteiger partial charge in [-0.2, -0.15) is 0 Å². The summed E-state index contributed by atoms with van der Waals surface area (Å²) in [5.74, 6) is 0.221. The zero-order chi connectivity index (χ0) is 25.7. The molecule has 2 N–H and O–H groups in total. The molecule has 1 unspecified atom stereocenters. The zero-order valence-corrected chi connectivity index (χ0v) is 22.4. The lowest BCUT2D eigenvalue weighted by Gasteiger charge is -2.28. The van der Waals surface area contributed by atoms with E-state index in [0.29, 0.717) is 28.0 Å². The summed E-state index contributed by atoms with van der Waals surface area (Å²) in [5.41, 5.74) is 3.24. The van der Waals surface area contributed by atoms with Crippen LogP contribution in [0.5, 0.6) is 0 Å². The number of halogens is 1. The smallest absolute Gasteiger partial charge is 0.247 e. The largest absolute Gasteiger partial charge is 0.376 e. The van der Waals surface area contributed by atoms with Crippen molar-refractivity contribution in [3.8, 4) is 0 Å². The molecule has 36 heavy (non-hydrogen) atoms. The van der Waals surface area contributed by atoms with Crippen LogP contribution in [0.2, 0.25) is 5.02 Å². The van der Waals surface area contributed by atoms with E-state index in [1.54, 1.807) is 11.1 Å². The summed E-state index contributed by atoms with van der Waals surface area (Å²) in [6.45, 7) is 5.80. The molecule has 1 saturated carbocycles. The summed E-state index contributed by atoms with van der Waals surface area (Å²) in [6, 6.07) is 10.5. The highest BCUT2D eigenvalue weighted by molar-refractivity contribution is 7.16. The van der Waals surface area contributed by atoms with Crippen LogP contribution >= 0.6 is 22.9 Å². The maximum atomic E-state index is 13.5. The molecule has 0 bridgehead atoms. The normalized spacial score (nSPS) is 15.3. The summed E-state index contributed by atoms with van der Waals surface area (Å²) in [7, 11) is 0. The maximum Gasteiger partial charge on any atom is 0.247 e. The third-order valence-electron chi connectivity index (χ3n) is 6.48. The minimum Gasteiger partial charge on any atom is -0.376 e. The number of benzene rings is 1. The second-order valence-corrected chi connectivity index (χ2v) is 10.9. The Kier molecular flexibility index (Phi) is 8.59. The molecule has 1 aliphatic carbocycles. The number of nitrogens with zero attached hydrogens (tertiary/aromatic N) is 3. The second-order valence-electron chi connectivity index (χ2n) is 9.46. The van der Waals surface area contributed by atoms with E-state index in [2.05, 4.69) is 20.6 Å². The van der Waals surface area contributed by atoms with Crippen LogP contribution in [0.25, 0.3) is 0 Å². The molecule has 2 heterocycles. The minimum absolute atomic E-state index is 0.0967. The summed E-state index contributed by atoms with van der Waals surface area (Å²) >= 11 is 7.52. The van der Waals surface area contributed by atoms with Crippen LogP contribution in [0.15, 0.2) is 42.6 Å². The lowest BCUT2D eigenvalue weighted by molar-refractivity contribution is -0.119. The highest BCUT2D eigenvalue weighted by Gasteiger charge is 2.32. The van der Waals surface area contributed by atoms with Crippen molar-refractivity contribution in [2.45, 2.75) is 65.0 Å². The van der Waals surface area contributed by atoms with Gasteiger partial charge in [-0.1, -0.05) is 54.7 Å². The number of aromatic nitrogens is 2. The SMILES string of the molecule is Cc1cc(NC(=O)[C@H](CC2CCCC2)N(C=O)c2cnc(C(C)Nc3cccc(Cl)c3)s2)cc(C)n1. The van der Waals surface area contributed by atoms with Crippen molar-refractivity contribution in [3.05, 3.63) is 64.0 Å². The fraction of sp³-hybridized carbons (Fsp3) is 0.407. The molecule has 4 rings (SSSR count). The van der Waals surface area contributed by atoms with E-state index >= 15 is 0 Å². The molecule has 1 aromatic carbocycles. The van der Waals surface area contributed by atoms with E-state index < -0.39 is 6.04 Å². The number of carbonyl (C=O) groups excluding carboxylic acids is 2. The highest BCUT2D eigenvalue weighted by atomic mass is 35.5. The fourth-order valence-corrected chi connectivity index (χ4v) is 5.93. The van der Waals surface area contributed by atoms with Gasteiger partial charge in [-0.3, -0.25) is 19.5 Å². The fourth-order valence-electron chi connectivity index (χ4n) is 4.81. The molecule has 0 saturated heterocycles.